The molecule has 0 spiro atoms. The second kappa shape index (κ2) is 9.33. The van der Waals surface area contributed by atoms with Crippen LogP contribution in [0.2, 0.25) is 0 Å². The zero-order valence-electron chi connectivity index (χ0n) is 18.0. The van der Waals surface area contributed by atoms with Gasteiger partial charge < -0.3 is 15.0 Å². The van der Waals surface area contributed by atoms with E-state index in [1.54, 1.807) is 4.90 Å². The molecule has 2 aromatic rings. The smallest absolute Gasteiger partial charge is 0.387 e. The van der Waals surface area contributed by atoms with Crippen LogP contribution in [0.25, 0.3) is 0 Å². The molecular formula is C23H25F2N3O4. The molecule has 4 amide bonds. The van der Waals surface area contributed by atoms with Crippen LogP contribution in [0.3, 0.4) is 0 Å². The highest BCUT2D eigenvalue weighted by Gasteiger charge is 2.49. The van der Waals surface area contributed by atoms with Gasteiger partial charge in [0, 0.05) is 12.6 Å². The predicted octanol–water partition coefficient (Wildman–Crippen LogP) is 3.49. The Morgan fingerprint density at radius 1 is 1.09 bits per heavy atom. The Kier molecular flexibility index (Phi) is 6.76. The van der Waals surface area contributed by atoms with Gasteiger partial charge >= 0.3 is 12.6 Å². The molecule has 1 N–H and O–H groups in total. The number of halogens is 2. The first-order valence-electron chi connectivity index (χ1n) is 10.1. The van der Waals surface area contributed by atoms with Crippen LogP contribution in [0, 0.1) is 0 Å². The molecule has 0 aromatic heterocycles. The Hall–Kier alpha value is -3.49. The first-order valence-corrected chi connectivity index (χ1v) is 10.1. The Balaban J connectivity index is 1.75. The van der Waals surface area contributed by atoms with E-state index in [4.69, 9.17) is 0 Å². The fraction of sp³-hybridized carbons (Fsp3) is 0.348. The molecule has 1 aliphatic rings. The van der Waals surface area contributed by atoms with E-state index in [0.717, 1.165) is 10.5 Å². The van der Waals surface area contributed by atoms with E-state index in [0.29, 0.717) is 12.1 Å². The van der Waals surface area contributed by atoms with E-state index in [9.17, 15) is 23.2 Å². The summed E-state index contributed by atoms with van der Waals surface area (Å²) < 4.78 is 29.1. The number of benzene rings is 2. The minimum absolute atomic E-state index is 0.0651. The van der Waals surface area contributed by atoms with E-state index < -0.39 is 30.6 Å². The molecule has 1 aliphatic heterocycles. The summed E-state index contributed by atoms with van der Waals surface area (Å²) in [6, 6.07) is 14.0. The van der Waals surface area contributed by atoms with Gasteiger partial charge in [-0.25, -0.2) is 4.79 Å². The number of ether oxygens (including phenoxy) is 1. The molecular weight excluding hydrogens is 420 g/mol. The second-order valence-corrected chi connectivity index (χ2v) is 7.95. The van der Waals surface area contributed by atoms with Crippen molar-refractivity contribution in [3.63, 3.8) is 0 Å². The van der Waals surface area contributed by atoms with Crippen LogP contribution in [-0.2, 0) is 21.7 Å². The zero-order chi connectivity index (χ0) is 23.5. The predicted molar refractivity (Wildman–Crippen MR) is 113 cm³/mol. The molecule has 1 unspecified atom stereocenters. The van der Waals surface area contributed by atoms with E-state index in [1.165, 1.54) is 31.2 Å². The Bertz CT molecular complexity index is 982. The van der Waals surface area contributed by atoms with Gasteiger partial charge in [-0.1, -0.05) is 42.5 Å². The van der Waals surface area contributed by atoms with Crippen LogP contribution in [0.4, 0.5) is 13.6 Å². The molecule has 7 nitrogen and oxygen atoms in total. The van der Waals surface area contributed by atoms with Gasteiger partial charge in [-0.05, 0) is 44.0 Å². The quantitative estimate of drug-likeness (QED) is 0.631. The molecule has 32 heavy (non-hydrogen) atoms. The normalized spacial score (nSPS) is 18.3. The fourth-order valence-electron chi connectivity index (χ4n) is 3.57. The molecule has 1 fully saturated rings. The standard InChI is InChI=1S/C23H25F2N3O4/c1-15(2)27(13-16-7-5-4-6-8-16)19(29)14-28-20(30)23(3,26-22(28)31)17-9-11-18(12-10-17)32-21(24)25/h4-12,15,21H,13-14H2,1-3H3,(H,26,31). The minimum atomic E-state index is -2.97. The average Bonchev–Trinajstić information content (AvgIpc) is 2.96. The van der Waals surface area contributed by atoms with Crippen molar-refractivity contribution in [3.05, 3.63) is 65.7 Å². The van der Waals surface area contributed by atoms with Gasteiger partial charge in [0.15, 0.2) is 0 Å². The SMILES string of the molecule is CC(C)N(Cc1ccccc1)C(=O)CN1C(=O)NC(C)(c2ccc(OC(F)F)cc2)C1=O. The van der Waals surface area contributed by atoms with E-state index in [-0.39, 0.29) is 17.7 Å². The highest BCUT2D eigenvalue weighted by molar-refractivity contribution is 6.09. The maximum Gasteiger partial charge on any atom is 0.387 e. The van der Waals surface area contributed by atoms with Crippen molar-refractivity contribution in [3.8, 4) is 5.75 Å². The van der Waals surface area contributed by atoms with E-state index in [2.05, 4.69) is 10.1 Å². The topological polar surface area (TPSA) is 79.0 Å². The van der Waals surface area contributed by atoms with E-state index >= 15 is 0 Å². The monoisotopic (exact) mass is 445 g/mol. The van der Waals surface area contributed by atoms with Crippen LogP contribution in [0.5, 0.6) is 5.75 Å². The summed E-state index contributed by atoms with van der Waals surface area (Å²) in [6.07, 6.45) is 0. The largest absolute Gasteiger partial charge is 0.435 e. The Morgan fingerprint density at radius 2 is 1.72 bits per heavy atom. The molecule has 0 radical (unpaired) electrons. The van der Waals surface area contributed by atoms with Crippen molar-refractivity contribution < 1.29 is 27.9 Å². The van der Waals surface area contributed by atoms with Crippen LogP contribution in [-0.4, -0.2) is 46.8 Å². The maximum absolute atomic E-state index is 13.1. The number of amides is 4. The highest BCUT2D eigenvalue weighted by atomic mass is 19.3. The highest BCUT2D eigenvalue weighted by Crippen LogP contribution is 2.30. The third-order valence-electron chi connectivity index (χ3n) is 5.36. The first kappa shape index (κ1) is 23.2. The molecule has 1 heterocycles. The van der Waals surface area contributed by atoms with Crippen molar-refractivity contribution in [1.82, 2.24) is 15.1 Å². The number of carbonyl (C=O) groups excluding carboxylic acids is 3. The fourth-order valence-corrected chi connectivity index (χ4v) is 3.57. The number of carbonyl (C=O) groups is 3. The van der Waals surface area contributed by atoms with Crippen molar-refractivity contribution in [2.24, 2.45) is 0 Å². The number of hydrogen-bond donors (Lipinski definition) is 1. The molecule has 3 rings (SSSR count). The molecule has 0 bridgehead atoms. The molecule has 0 saturated carbocycles. The molecule has 170 valence electrons. The summed E-state index contributed by atoms with van der Waals surface area (Å²) >= 11 is 0. The zero-order valence-corrected chi connectivity index (χ0v) is 18.0. The number of hydrogen-bond acceptors (Lipinski definition) is 4. The summed E-state index contributed by atoms with van der Waals surface area (Å²) in [7, 11) is 0. The summed E-state index contributed by atoms with van der Waals surface area (Å²) in [6.45, 7) is 2.21. The van der Waals surface area contributed by atoms with Gasteiger partial charge in [0.25, 0.3) is 5.91 Å². The van der Waals surface area contributed by atoms with Gasteiger partial charge in [0.2, 0.25) is 5.91 Å². The number of nitrogens with one attached hydrogen (secondary N) is 1. The third kappa shape index (κ3) is 4.87. The lowest BCUT2D eigenvalue weighted by atomic mass is 9.92. The average molecular weight is 445 g/mol. The van der Waals surface area contributed by atoms with Gasteiger partial charge in [0.1, 0.15) is 17.8 Å². The second-order valence-electron chi connectivity index (χ2n) is 7.95. The number of alkyl halides is 2. The van der Waals surface area contributed by atoms with Crippen LogP contribution < -0.4 is 10.1 Å². The summed E-state index contributed by atoms with van der Waals surface area (Å²) in [5, 5.41) is 2.61. The Labute approximate surface area is 184 Å². The third-order valence-corrected chi connectivity index (χ3v) is 5.36. The van der Waals surface area contributed by atoms with E-state index in [1.807, 2.05) is 44.2 Å². The molecule has 1 saturated heterocycles. The van der Waals surface area contributed by atoms with Crippen molar-refractivity contribution >= 4 is 17.8 Å². The van der Waals surface area contributed by atoms with Crippen LogP contribution >= 0.6 is 0 Å². The minimum Gasteiger partial charge on any atom is -0.435 e. The summed E-state index contributed by atoms with van der Waals surface area (Å²) in [5.74, 6) is -1.02. The lowest BCUT2D eigenvalue weighted by molar-refractivity contribution is -0.140. The van der Waals surface area contributed by atoms with Gasteiger partial charge in [0.05, 0.1) is 0 Å². The number of urea groups is 1. The molecule has 0 aliphatic carbocycles. The lowest BCUT2D eigenvalue weighted by Crippen LogP contribution is -2.46. The van der Waals surface area contributed by atoms with Gasteiger partial charge in [-0.3, -0.25) is 14.5 Å². The summed E-state index contributed by atoms with van der Waals surface area (Å²) in [4.78, 5) is 41.2. The molecule has 1 atom stereocenters. The van der Waals surface area contributed by atoms with Crippen LogP contribution in [0.1, 0.15) is 31.9 Å². The molecule has 2 aromatic carbocycles. The van der Waals surface area contributed by atoms with Gasteiger partial charge in [-0.15, -0.1) is 0 Å². The van der Waals surface area contributed by atoms with Crippen LogP contribution in [0.15, 0.2) is 54.6 Å². The number of nitrogens with zero attached hydrogens (tertiary/aromatic N) is 2. The molecule has 9 heteroatoms. The van der Waals surface area contributed by atoms with Gasteiger partial charge in [-0.2, -0.15) is 8.78 Å². The number of imide groups is 1. The maximum atomic E-state index is 13.1. The summed E-state index contributed by atoms with van der Waals surface area (Å²) in [5.41, 5.74) is -0.108. The Morgan fingerprint density at radius 3 is 2.28 bits per heavy atom. The van der Waals surface area contributed by atoms with Crippen molar-refractivity contribution in [2.45, 2.75) is 45.5 Å². The van der Waals surface area contributed by atoms with Crippen molar-refractivity contribution in [1.29, 1.82) is 0 Å². The lowest BCUT2D eigenvalue weighted by Gasteiger charge is -2.28. The number of rotatable bonds is 8. The first-order chi connectivity index (χ1) is 15.1. The van der Waals surface area contributed by atoms with Crippen molar-refractivity contribution in [2.75, 3.05) is 6.54 Å².